The predicted octanol–water partition coefficient (Wildman–Crippen LogP) is 2.65. The van der Waals surface area contributed by atoms with Gasteiger partial charge in [0.05, 0.1) is 0 Å². The molecule has 0 saturated heterocycles. The van der Waals surface area contributed by atoms with Crippen molar-refractivity contribution in [1.82, 2.24) is 10.3 Å². The van der Waals surface area contributed by atoms with Gasteiger partial charge in [-0.3, -0.25) is 9.88 Å². The van der Waals surface area contributed by atoms with Gasteiger partial charge in [0.25, 0.3) is 0 Å². The summed E-state index contributed by atoms with van der Waals surface area (Å²) in [6.45, 7) is 4.72. The minimum Gasteiger partial charge on any atom is -0.421 e. The number of carbonyl (C=O) groups excluding carboxylic acids is 1. The van der Waals surface area contributed by atoms with Crippen LogP contribution in [-0.4, -0.2) is 24.1 Å². The summed E-state index contributed by atoms with van der Waals surface area (Å²) in [5.74, 6) is 0.423. The van der Waals surface area contributed by atoms with Crippen LogP contribution in [-0.2, 0) is 0 Å². The predicted molar refractivity (Wildman–Crippen MR) is 84.9 cm³/mol. The second kappa shape index (κ2) is 7.40. The van der Waals surface area contributed by atoms with E-state index in [2.05, 4.69) is 10.3 Å². The number of anilines is 1. The second-order valence-electron chi connectivity index (χ2n) is 4.69. The smallest absolute Gasteiger partial charge is 0.360 e. The molecule has 6 nitrogen and oxygen atoms in total. The Morgan fingerprint density at radius 3 is 2.73 bits per heavy atom. The summed E-state index contributed by atoms with van der Waals surface area (Å²) in [6, 6.07) is 6.54. The first-order valence-electron chi connectivity index (χ1n) is 7.27. The zero-order valence-corrected chi connectivity index (χ0v) is 12.7. The van der Waals surface area contributed by atoms with Gasteiger partial charge >= 0.3 is 11.7 Å². The van der Waals surface area contributed by atoms with Crippen LogP contribution in [0.5, 0.6) is 0 Å². The molecular formula is C16H19N3O3. The maximum atomic E-state index is 12.2. The number of amides is 2. The number of pyridine rings is 1. The van der Waals surface area contributed by atoms with Gasteiger partial charge in [0.2, 0.25) is 0 Å². The highest BCUT2D eigenvalue weighted by Crippen LogP contribution is 2.19. The number of hydrogen-bond acceptors (Lipinski definition) is 4. The molecule has 0 saturated carbocycles. The quantitative estimate of drug-likeness (QED) is 0.921. The lowest BCUT2D eigenvalue weighted by molar-refractivity contribution is 0.246. The molecule has 2 rings (SSSR count). The maximum absolute atomic E-state index is 12.2. The van der Waals surface area contributed by atoms with Crippen LogP contribution in [0.15, 0.2) is 45.9 Å². The van der Waals surface area contributed by atoms with Crippen LogP contribution in [0.25, 0.3) is 11.3 Å². The summed E-state index contributed by atoms with van der Waals surface area (Å²) in [5, 5.41) is 2.75. The molecule has 6 heteroatoms. The van der Waals surface area contributed by atoms with Gasteiger partial charge in [0, 0.05) is 31.0 Å². The standard InChI is InChI=1S/C16H19N3O3/c1-3-9-18-16(21)19(4-2)13-7-8-14(22-15(13)20)12-6-5-10-17-11-12/h5-8,10-11H,3-4,9H2,1-2H3,(H,18,21). The first-order chi connectivity index (χ1) is 10.7. The molecule has 0 aliphatic heterocycles. The second-order valence-corrected chi connectivity index (χ2v) is 4.69. The zero-order valence-electron chi connectivity index (χ0n) is 12.7. The third-order valence-electron chi connectivity index (χ3n) is 3.13. The van der Waals surface area contributed by atoms with Crippen molar-refractivity contribution in [1.29, 1.82) is 0 Å². The fraction of sp³-hybridized carbons (Fsp3) is 0.312. The Bertz CT molecular complexity index is 683. The fourth-order valence-electron chi connectivity index (χ4n) is 2.02. The summed E-state index contributed by atoms with van der Waals surface area (Å²) in [4.78, 5) is 29.6. The molecule has 0 aliphatic carbocycles. The van der Waals surface area contributed by atoms with Gasteiger partial charge in [-0.2, -0.15) is 0 Å². The molecule has 0 spiro atoms. The SMILES string of the molecule is CCCNC(=O)N(CC)c1ccc(-c2cccnc2)oc1=O. The highest BCUT2D eigenvalue weighted by Gasteiger charge is 2.18. The Morgan fingerprint density at radius 1 is 1.32 bits per heavy atom. The Hall–Kier alpha value is -2.63. The maximum Gasteiger partial charge on any atom is 0.360 e. The number of nitrogens with one attached hydrogen (secondary N) is 1. The van der Waals surface area contributed by atoms with Crippen molar-refractivity contribution in [2.75, 3.05) is 18.0 Å². The van der Waals surface area contributed by atoms with E-state index in [0.717, 1.165) is 6.42 Å². The summed E-state index contributed by atoms with van der Waals surface area (Å²) in [7, 11) is 0. The van der Waals surface area contributed by atoms with Gasteiger partial charge in [-0.25, -0.2) is 9.59 Å². The molecular weight excluding hydrogens is 282 g/mol. The summed E-state index contributed by atoms with van der Waals surface area (Å²) >= 11 is 0. The van der Waals surface area contributed by atoms with E-state index in [1.54, 1.807) is 43.6 Å². The van der Waals surface area contributed by atoms with Crippen molar-refractivity contribution < 1.29 is 9.21 Å². The number of urea groups is 1. The molecule has 0 aliphatic rings. The van der Waals surface area contributed by atoms with E-state index in [0.29, 0.717) is 24.4 Å². The average molecular weight is 301 g/mol. The molecule has 0 aromatic carbocycles. The molecule has 2 heterocycles. The van der Waals surface area contributed by atoms with Crippen molar-refractivity contribution in [2.24, 2.45) is 0 Å². The summed E-state index contributed by atoms with van der Waals surface area (Å²) < 4.78 is 5.31. The zero-order chi connectivity index (χ0) is 15.9. The van der Waals surface area contributed by atoms with E-state index in [1.165, 1.54) is 4.90 Å². The van der Waals surface area contributed by atoms with E-state index in [1.807, 2.05) is 6.92 Å². The summed E-state index contributed by atoms with van der Waals surface area (Å²) in [5.41, 5.74) is 0.392. The van der Waals surface area contributed by atoms with E-state index in [9.17, 15) is 9.59 Å². The number of hydrogen-bond donors (Lipinski definition) is 1. The lowest BCUT2D eigenvalue weighted by atomic mass is 10.2. The molecule has 0 unspecified atom stereocenters. The highest BCUT2D eigenvalue weighted by atomic mass is 16.4. The third kappa shape index (κ3) is 3.52. The Labute approximate surface area is 128 Å². The fourth-order valence-corrected chi connectivity index (χ4v) is 2.02. The molecule has 0 atom stereocenters. The van der Waals surface area contributed by atoms with Crippen molar-refractivity contribution in [3.8, 4) is 11.3 Å². The van der Waals surface area contributed by atoms with Gasteiger partial charge in [0.1, 0.15) is 11.4 Å². The topological polar surface area (TPSA) is 75.4 Å². The molecule has 0 radical (unpaired) electrons. The van der Waals surface area contributed by atoms with Crippen molar-refractivity contribution >= 4 is 11.7 Å². The Balaban J connectivity index is 2.29. The lowest BCUT2D eigenvalue weighted by Gasteiger charge is -2.20. The van der Waals surface area contributed by atoms with Crippen LogP contribution >= 0.6 is 0 Å². The first-order valence-corrected chi connectivity index (χ1v) is 7.27. The number of carbonyl (C=O) groups is 1. The number of nitrogens with zero attached hydrogens (tertiary/aromatic N) is 2. The van der Waals surface area contributed by atoms with Gasteiger partial charge in [-0.05, 0) is 37.6 Å². The normalized spacial score (nSPS) is 10.3. The first kappa shape index (κ1) is 15.8. The molecule has 22 heavy (non-hydrogen) atoms. The highest BCUT2D eigenvalue weighted by molar-refractivity contribution is 5.91. The Morgan fingerprint density at radius 2 is 2.14 bits per heavy atom. The molecule has 2 amide bonds. The van der Waals surface area contributed by atoms with Crippen LogP contribution in [0.2, 0.25) is 0 Å². The monoisotopic (exact) mass is 301 g/mol. The van der Waals surface area contributed by atoms with Gasteiger partial charge in [-0.1, -0.05) is 6.92 Å². The van der Waals surface area contributed by atoms with E-state index in [4.69, 9.17) is 4.42 Å². The van der Waals surface area contributed by atoms with Crippen molar-refractivity contribution in [3.63, 3.8) is 0 Å². The molecule has 2 aromatic heterocycles. The number of aromatic nitrogens is 1. The molecule has 1 N–H and O–H groups in total. The minimum absolute atomic E-state index is 0.226. The van der Waals surface area contributed by atoms with Crippen molar-refractivity contribution in [3.05, 3.63) is 47.1 Å². The van der Waals surface area contributed by atoms with Crippen LogP contribution in [0.3, 0.4) is 0 Å². The molecule has 2 aromatic rings. The average Bonchev–Trinajstić information content (AvgIpc) is 2.55. The van der Waals surface area contributed by atoms with Gasteiger partial charge in [-0.15, -0.1) is 0 Å². The largest absolute Gasteiger partial charge is 0.421 e. The van der Waals surface area contributed by atoms with Crippen LogP contribution < -0.4 is 15.8 Å². The Kier molecular flexibility index (Phi) is 5.30. The molecule has 116 valence electrons. The lowest BCUT2D eigenvalue weighted by Crippen LogP contribution is -2.42. The minimum atomic E-state index is -0.546. The van der Waals surface area contributed by atoms with E-state index < -0.39 is 5.63 Å². The van der Waals surface area contributed by atoms with Crippen LogP contribution in [0.4, 0.5) is 10.5 Å². The van der Waals surface area contributed by atoms with Crippen molar-refractivity contribution in [2.45, 2.75) is 20.3 Å². The van der Waals surface area contributed by atoms with E-state index >= 15 is 0 Å². The van der Waals surface area contributed by atoms with Gasteiger partial charge in [0.15, 0.2) is 0 Å². The van der Waals surface area contributed by atoms with E-state index in [-0.39, 0.29) is 11.7 Å². The molecule has 0 bridgehead atoms. The molecule has 0 fully saturated rings. The van der Waals surface area contributed by atoms with Gasteiger partial charge < -0.3 is 9.73 Å². The summed E-state index contributed by atoms with van der Waals surface area (Å²) in [6.07, 6.45) is 4.09. The van der Waals surface area contributed by atoms with Crippen LogP contribution in [0, 0.1) is 0 Å². The number of rotatable bonds is 5. The third-order valence-corrected chi connectivity index (χ3v) is 3.13. The van der Waals surface area contributed by atoms with Crippen LogP contribution in [0.1, 0.15) is 20.3 Å².